The lowest BCUT2D eigenvalue weighted by Crippen LogP contribution is -2.50. The first-order valence-corrected chi connectivity index (χ1v) is 4.20. The normalized spacial score (nSPS) is 17.5. The predicted octanol–water partition coefficient (Wildman–Crippen LogP) is 0.424. The van der Waals surface area contributed by atoms with Crippen LogP contribution in [0.15, 0.2) is 6.20 Å². The molecular weight excluding hydrogens is 178 g/mol. The first-order valence-electron chi connectivity index (χ1n) is 3.82. The van der Waals surface area contributed by atoms with Crippen molar-refractivity contribution in [3.63, 3.8) is 0 Å². The zero-order valence-electron chi connectivity index (χ0n) is 6.75. The van der Waals surface area contributed by atoms with E-state index in [4.69, 9.17) is 16.3 Å². The van der Waals surface area contributed by atoms with Crippen LogP contribution in [0.25, 0.3) is 0 Å². The summed E-state index contributed by atoms with van der Waals surface area (Å²) in [4.78, 5) is 0. The van der Waals surface area contributed by atoms with Crippen LogP contribution in [0, 0.1) is 0 Å². The molecule has 2 heterocycles. The molecule has 0 bridgehead atoms. The van der Waals surface area contributed by atoms with E-state index in [0.29, 0.717) is 10.9 Å². The van der Waals surface area contributed by atoms with E-state index >= 15 is 0 Å². The average Bonchev–Trinajstić information content (AvgIpc) is 2.27. The van der Waals surface area contributed by atoms with Crippen molar-refractivity contribution in [1.29, 1.82) is 0 Å². The van der Waals surface area contributed by atoms with E-state index < -0.39 is 0 Å². The van der Waals surface area contributed by atoms with Gasteiger partial charge in [0.15, 0.2) is 10.9 Å². The fourth-order valence-corrected chi connectivity index (χ4v) is 1.14. The molecule has 0 aliphatic carbocycles. The van der Waals surface area contributed by atoms with Gasteiger partial charge < -0.3 is 10.1 Å². The molecule has 0 saturated carbocycles. The van der Waals surface area contributed by atoms with Gasteiger partial charge in [-0.2, -0.15) is 5.10 Å². The second-order valence-electron chi connectivity index (χ2n) is 2.82. The van der Waals surface area contributed by atoms with Crippen molar-refractivity contribution in [2.24, 2.45) is 7.05 Å². The molecule has 0 unspecified atom stereocenters. The molecule has 12 heavy (non-hydrogen) atoms. The van der Waals surface area contributed by atoms with Gasteiger partial charge in [0.1, 0.15) is 6.10 Å². The van der Waals surface area contributed by atoms with Crippen LogP contribution in [0.3, 0.4) is 0 Å². The van der Waals surface area contributed by atoms with Gasteiger partial charge in [-0.15, -0.1) is 0 Å². The van der Waals surface area contributed by atoms with Crippen molar-refractivity contribution in [3.05, 3.63) is 11.3 Å². The Morgan fingerprint density at radius 3 is 2.92 bits per heavy atom. The van der Waals surface area contributed by atoms with Crippen molar-refractivity contribution in [3.8, 4) is 5.75 Å². The molecule has 0 amide bonds. The number of halogens is 1. The molecule has 0 radical (unpaired) electrons. The van der Waals surface area contributed by atoms with Gasteiger partial charge >= 0.3 is 0 Å². The first kappa shape index (κ1) is 7.89. The molecule has 1 N–H and O–H groups in total. The Bertz CT molecular complexity index is 282. The van der Waals surface area contributed by atoms with E-state index in [2.05, 4.69) is 10.4 Å². The minimum atomic E-state index is 0.256. The van der Waals surface area contributed by atoms with Crippen molar-refractivity contribution < 1.29 is 4.74 Å². The summed E-state index contributed by atoms with van der Waals surface area (Å²) in [6, 6.07) is 0. The highest BCUT2D eigenvalue weighted by Crippen LogP contribution is 2.24. The Morgan fingerprint density at radius 1 is 1.75 bits per heavy atom. The molecule has 4 nitrogen and oxygen atoms in total. The minimum Gasteiger partial charge on any atom is -0.483 e. The zero-order chi connectivity index (χ0) is 8.55. The molecule has 2 rings (SSSR count). The Balaban J connectivity index is 2.06. The van der Waals surface area contributed by atoms with Crippen LogP contribution in [0.2, 0.25) is 5.15 Å². The van der Waals surface area contributed by atoms with Crippen LogP contribution in [0.1, 0.15) is 0 Å². The number of nitrogens with zero attached hydrogens (tertiary/aromatic N) is 2. The summed E-state index contributed by atoms with van der Waals surface area (Å²) in [5.74, 6) is 0.672. The fraction of sp³-hybridized carbons (Fsp3) is 0.571. The molecule has 1 aliphatic heterocycles. The van der Waals surface area contributed by atoms with Gasteiger partial charge in [0.2, 0.25) is 0 Å². The van der Waals surface area contributed by atoms with Gasteiger partial charge in [0.05, 0.1) is 6.20 Å². The number of hydrogen-bond donors (Lipinski definition) is 1. The van der Waals surface area contributed by atoms with Crippen LogP contribution in [-0.4, -0.2) is 29.0 Å². The molecule has 0 atom stereocenters. The number of aromatic nitrogens is 2. The number of aryl methyl sites for hydroxylation is 1. The van der Waals surface area contributed by atoms with Crippen molar-refractivity contribution in [2.75, 3.05) is 13.1 Å². The highest BCUT2D eigenvalue weighted by atomic mass is 35.5. The monoisotopic (exact) mass is 187 g/mol. The third kappa shape index (κ3) is 1.28. The highest BCUT2D eigenvalue weighted by Gasteiger charge is 2.20. The zero-order valence-corrected chi connectivity index (χ0v) is 7.51. The summed E-state index contributed by atoms with van der Waals surface area (Å²) in [6.07, 6.45) is 1.90. The summed E-state index contributed by atoms with van der Waals surface area (Å²) in [5.41, 5.74) is 0. The molecule has 1 saturated heterocycles. The Hall–Kier alpha value is -0.740. The summed E-state index contributed by atoms with van der Waals surface area (Å²) < 4.78 is 7.11. The molecule has 0 aromatic carbocycles. The van der Waals surface area contributed by atoms with Gasteiger partial charge in [0, 0.05) is 20.1 Å². The van der Waals surface area contributed by atoms with Crippen molar-refractivity contribution in [2.45, 2.75) is 6.10 Å². The van der Waals surface area contributed by atoms with Gasteiger partial charge in [-0.3, -0.25) is 4.68 Å². The SMILES string of the molecule is Cn1ncc(OC2CNC2)c1Cl. The van der Waals surface area contributed by atoms with E-state index in [1.165, 1.54) is 0 Å². The lowest BCUT2D eigenvalue weighted by Gasteiger charge is -2.27. The molecule has 1 aromatic heterocycles. The Kier molecular flexibility index (Phi) is 1.94. The molecule has 66 valence electrons. The summed E-state index contributed by atoms with van der Waals surface area (Å²) in [7, 11) is 1.79. The summed E-state index contributed by atoms with van der Waals surface area (Å²) in [6.45, 7) is 1.79. The largest absolute Gasteiger partial charge is 0.483 e. The third-order valence-electron chi connectivity index (χ3n) is 1.87. The highest BCUT2D eigenvalue weighted by molar-refractivity contribution is 6.31. The Morgan fingerprint density at radius 2 is 2.50 bits per heavy atom. The van der Waals surface area contributed by atoms with Crippen LogP contribution in [0.4, 0.5) is 0 Å². The lowest BCUT2D eigenvalue weighted by atomic mass is 10.2. The molecular formula is C7H10ClN3O. The molecule has 1 aromatic rings. The fourth-order valence-electron chi connectivity index (χ4n) is 1.01. The van der Waals surface area contributed by atoms with E-state index in [0.717, 1.165) is 13.1 Å². The molecule has 5 heteroatoms. The topological polar surface area (TPSA) is 39.1 Å². The summed E-state index contributed by atoms with van der Waals surface area (Å²) in [5, 5.41) is 7.64. The standard InChI is InChI=1S/C7H10ClN3O/c1-11-7(8)6(4-10-11)12-5-2-9-3-5/h4-5,9H,2-3H2,1H3. The quantitative estimate of drug-likeness (QED) is 0.730. The van der Waals surface area contributed by atoms with Crippen LogP contribution < -0.4 is 10.1 Å². The van der Waals surface area contributed by atoms with E-state index in [9.17, 15) is 0 Å². The van der Waals surface area contributed by atoms with Gasteiger partial charge in [-0.05, 0) is 0 Å². The maximum absolute atomic E-state index is 5.89. The van der Waals surface area contributed by atoms with Crippen LogP contribution in [0.5, 0.6) is 5.75 Å². The van der Waals surface area contributed by atoms with E-state index in [1.807, 2.05) is 0 Å². The lowest BCUT2D eigenvalue weighted by molar-refractivity contribution is 0.142. The van der Waals surface area contributed by atoms with Crippen LogP contribution in [-0.2, 0) is 7.05 Å². The summed E-state index contributed by atoms with van der Waals surface area (Å²) >= 11 is 5.89. The molecule has 0 spiro atoms. The van der Waals surface area contributed by atoms with Gasteiger partial charge in [0.25, 0.3) is 0 Å². The number of rotatable bonds is 2. The smallest absolute Gasteiger partial charge is 0.176 e. The van der Waals surface area contributed by atoms with Gasteiger partial charge in [-0.25, -0.2) is 0 Å². The average molecular weight is 188 g/mol. The van der Waals surface area contributed by atoms with Crippen LogP contribution >= 0.6 is 11.6 Å². The number of nitrogens with one attached hydrogen (secondary N) is 1. The second kappa shape index (κ2) is 2.95. The van der Waals surface area contributed by atoms with Gasteiger partial charge in [-0.1, -0.05) is 11.6 Å². The maximum Gasteiger partial charge on any atom is 0.176 e. The number of ether oxygens (including phenoxy) is 1. The van der Waals surface area contributed by atoms with Crippen molar-refractivity contribution >= 4 is 11.6 Å². The molecule has 1 fully saturated rings. The third-order valence-corrected chi connectivity index (χ3v) is 2.30. The first-order chi connectivity index (χ1) is 5.77. The van der Waals surface area contributed by atoms with Crippen molar-refractivity contribution in [1.82, 2.24) is 15.1 Å². The maximum atomic E-state index is 5.89. The minimum absolute atomic E-state index is 0.256. The van der Waals surface area contributed by atoms with E-state index in [-0.39, 0.29) is 6.10 Å². The number of hydrogen-bond acceptors (Lipinski definition) is 3. The van der Waals surface area contributed by atoms with E-state index in [1.54, 1.807) is 17.9 Å². The Labute approximate surface area is 75.5 Å². The predicted molar refractivity (Wildman–Crippen MR) is 45.5 cm³/mol. The molecule has 1 aliphatic rings. The second-order valence-corrected chi connectivity index (χ2v) is 3.18.